The van der Waals surface area contributed by atoms with Crippen LogP contribution in [0.3, 0.4) is 0 Å². The zero-order chi connectivity index (χ0) is 20.4. The van der Waals surface area contributed by atoms with Gasteiger partial charge in [-0.25, -0.2) is 14.4 Å². The van der Waals surface area contributed by atoms with Crippen molar-refractivity contribution in [3.8, 4) is 0 Å². The van der Waals surface area contributed by atoms with Crippen LogP contribution in [-0.4, -0.2) is 44.7 Å². The molecule has 1 fully saturated rings. The molecule has 2 aliphatic rings. The number of piperidine rings is 1. The molecular formula is C22H25FN4O2. The van der Waals surface area contributed by atoms with Gasteiger partial charge in [0, 0.05) is 44.7 Å². The number of fused-ring (bicyclic) bond motifs is 1. The van der Waals surface area contributed by atoms with Crippen LogP contribution < -0.4 is 0 Å². The second-order valence-corrected chi connectivity index (χ2v) is 7.80. The molecule has 0 spiro atoms. The highest BCUT2D eigenvalue weighted by atomic mass is 19.1. The van der Waals surface area contributed by atoms with Crippen molar-refractivity contribution in [1.29, 1.82) is 0 Å². The molecule has 1 saturated heterocycles. The van der Waals surface area contributed by atoms with Gasteiger partial charge < -0.3 is 9.80 Å². The van der Waals surface area contributed by atoms with Crippen LogP contribution in [0.2, 0.25) is 0 Å². The van der Waals surface area contributed by atoms with E-state index in [-0.39, 0.29) is 30.1 Å². The van der Waals surface area contributed by atoms with Gasteiger partial charge in [-0.2, -0.15) is 0 Å². The molecule has 7 heteroatoms. The largest absolute Gasteiger partial charge is 0.338 e. The van der Waals surface area contributed by atoms with Gasteiger partial charge in [0.2, 0.25) is 11.8 Å². The van der Waals surface area contributed by atoms with Crippen molar-refractivity contribution in [2.24, 2.45) is 0 Å². The van der Waals surface area contributed by atoms with E-state index >= 15 is 0 Å². The molecule has 2 amide bonds. The number of carbonyl (C=O) groups excluding carboxylic acids is 2. The smallest absolute Gasteiger partial charge is 0.227 e. The molecule has 1 aromatic heterocycles. The molecule has 152 valence electrons. The molecule has 2 aliphatic heterocycles. The predicted molar refractivity (Wildman–Crippen MR) is 105 cm³/mol. The van der Waals surface area contributed by atoms with Crippen molar-refractivity contribution in [1.82, 2.24) is 19.8 Å². The van der Waals surface area contributed by atoms with E-state index in [0.29, 0.717) is 37.4 Å². The fourth-order valence-electron chi connectivity index (χ4n) is 4.18. The average Bonchev–Trinajstić information content (AvgIpc) is 2.73. The summed E-state index contributed by atoms with van der Waals surface area (Å²) >= 11 is 0. The minimum absolute atomic E-state index is 0.0237. The maximum absolute atomic E-state index is 13.5. The first kappa shape index (κ1) is 19.5. The summed E-state index contributed by atoms with van der Waals surface area (Å²) < 4.78 is 13.5. The Balaban J connectivity index is 1.53. The summed E-state index contributed by atoms with van der Waals surface area (Å²) in [5, 5.41) is 0. The summed E-state index contributed by atoms with van der Waals surface area (Å²) in [4.78, 5) is 37.6. The molecule has 4 rings (SSSR count). The van der Waals surface area contributed by atoms with Crippen LogP contribution >= 0.6 is 0 Å². The predicted octanol–water partition coefficient (Wildman–Crippen LogP) is 2.82. The Bertz CT molecular complexity index is 933. The summed E-state index contributed by atoms with van der Waals surface area (Å²) in [6, 6.07) is 6.04. The molecule has 0 radical (unpaired) electrons. The SMILES string of the molecule is CC(=O)N1CCc2nc(C3CCCCN3C(=O)Cc3cccc(F)c3)ncc2C1. The van der Waals surface area contributed by atoms with Gasteiger partial charge in [-0.3, -0.25) is 9.59 Å². The van der Waals surface area contributed by atoms with Crippen LogP contribution in [-0.2, 0) is 29.0 Å². The van der Waals surface area contributed by atoms with Gasteiger partial charge in [0.05, 0.1) is 18.2 Å². The highest BCUT2D eigenvalue weighted by Crippen LogP contribution is 2.30. The number of nitrogens with zero attached hydrogens (tertiary/aromatic N) is 4. The molecular weight excluding hydrogens is 371 g/mol. The third-order valence-corrected chi connectivity index (χ3v) is 5.76. The molecule has 1 aromatic carbocycles. The molecule has 3 heterocycles. The number of likely N-dealkylation sites (tertiary alicyclic amines) is 1. The molecule has 0 bridgehead atoms. The molecule has 1 unspecified atom stereocenters. The number of amides is 2. The molecule has 6 nitrogen and oxygen atoms in total. The third-order valence-electron chi connectivity index (χ3n) is 5.76. The number of rotatable bonds is 3. The summed E-state index contributed by atoms with van der Waals surface area (Å²) in [5.74, 6) is 0.376. The molecule has 0 N–H and O–H groups in total. The first-order chi connectivity index (χ1) is 14.0. The van der Waals surface area contributed by atoms with Gasteiger partial charge in [-0.15, -0.1) is 0 Å². The van der Waals surface area contributed by atoms with Gasteiger partial charge >= 0.3 is 0 Å². The van der Waals surface area contributed by atoms with Gasteiger partial charge in [0.15, 0.2) is 5.82 Å². The number of carbonyl (C=O) groups is 2. The van der Waals surface area contributed by atoms with E-state index in [2.05, 4.69) is 4.98 Å². The summed E-state index contributed by atoms with van der Waals surface area (Å²) in [6.45, 7) is 3.44. The Morgan fingerprint density at radius 3 is 2.90 bits per heavy atom. The Morgan fingerprint density at radius 2 is 2.10 bits per heavy atom. The number of hydrogen-bond donors (Lipinski definition) is 0. The molecule has 29 heavy (non-hydrogen) atoms. The number of halogens is 1. The lowest BCUT2D eigenvalue weighted by atomic mass is 9.99. The van der Waals surface area contributed by atoms with Crippen molar-refractivity contribution in [3.05, 3.63) is 58.9 Å². The summed E-state index contributed by atoms with van der Waals surface area (Å²) in [6.07, 6.45) is 5.47. The number of benzene rings is 1. The standard InChI is InChI=1S/C22H25FN4O2/c1-15(28)26-10-8-19-17(14-26)13-24-22(25-19)20-7-2-3-9-27(20)21(29)12-16-5-4-6-18(23)11-16/h4-6,11,13,20H,2-3,7-10,12,14H2,1H3. The molecule has 0 aliphatic carbocycles. The lowest BCUT2D eigenvalue weighted by Crippen LogP contribution is -2.40. The summed E-state index contributed by atoms with van der Waals surface area (Å²) in [7, 11) is 0. The van der Waals surface area contributed by atoms with Crippen molar-refractivity contribution in [2.45, 2.75) is 51.6 Å². The number of aromatic nitrogens is 2. The lowest BCUT2D eigenvalue weighted by Gasteiger charge is -2.35. The van der Waals surface area contributed by atoms with Crippen LogP contribution in [0.5, 0.6) is 0 Å². The fourth-order valence-corrected chi connectivity index (χ4v) is 4.18. The zero-order valence-electron chi connectivity index (χ0n) is 16.6. The van der Waals surface area contributed by atoms with E-state index in [0.717, 1.165) is 30.5 Å². The highest BCUT2D eigenvalue weighted by molar-refractivity contribution is 5.79. The topological polar surface area (TPSA) is 66.4 Å². The van der Waals surface area contributed by atoms with Crippen LogP contribution in [0.25, 0.3) is 0 Å². The first-order valence-corrected chi connectivity index (χ1v) is 10.2. The van der Waals surface area contributed by atoms with E-state index in [4.69, 9.17) is 4.98 Å². The van der Waals surface area contributed by atoms with Crippen LogP contribution in [0.15, 0.2) is 30.5 Å². The van der Waals surface area contributed by atoms with Crippen LogP contribution in [0.4, 0.5) is 4.39 Å². The van der Waals surface area contributed by atoms with Crippen molar-refractivity contribution < 1.29 is 14.0 Å². The van der Waals surface area contributed by atoms with Crippen molar-refractivity contribution >= 4 is 11.8 Å². The van der Waals surface area contributed by atoms with Gasteiger partial charge in [0.25, 0.3) is 0 Å². The maximum atomic E-state index is 13.5. The van der Waals surface area contributed by atoms with Gasteiger partial charge in [0.1, 0.15) is 5.82 Å². The highest BCUT2D eigenvalue weighted by Gasteiger charge is 2.31. The minimum atomic E-state index is -0.330. The van der Waals surface area contributed by atoms with E-state index < -0.39 is 0 Å². The second-order valence-electron chi connectivity index (χ2n) is 7.80. The lowest BCUT2D eigenvalue weighted by molar-refractivity contribution is -0.134. The Hall–Kier alpha value is -2.83. The average molecular weight is 396 g/mol. The van der Waals surface area contributed by atoms with E-state index in [9.17, 15) is 14.0 Å². The van der Waals surface area contributed by atoms with Crippen molar-refractivity contribution in [2.75, 3.05) is 13.1 Å². The second kappa shape index (κ2) is 8.27. The molecule has 2 aromatic rings. The Morgan fingerprint density at radius 1 is 1.24 bits per heavy atom. The Labute approximate surface area is 169 Å². The Kier molecular flexibility index (Phi) is 5.56. The normalized spacial score (nSPS) is 19.0. The van der Waals surface area contributed by atoms with Gasteiger partial charge in [-0.05, 0) is 37.0 Å². The van der Waals surface area contributed by atoms with E-state index in [1.54, 1.807) is 30.2 Å². The summed E-state index contributed by atoms with van der Waals surface area (Å²) in [5.41, 5.74) is 2.62. The zero-order valence-corrected chi connectivity index (χ0v) is 16.6. The van der Waals surface area contributed by atoms with E-state index in [1.165, 1.54) is 12.1 Å². The van der Waals surface area contributed by atoms with Crippen LogP contribution in [0.1, 0.15) is 54.9 Å². The quantitative estimate of drug-likeness (QED) is 0.800. The fraction of sp³-hybridized carbons (Fsp3) is 0.455. The monoisotopic (exact) mass is 396 g/mol. The first-order valence-electron chi connectivity index (χ1n) is 10.2. The number of hydrogen-bond acceptors (Lipinski definition) is 4. The van der Waals surface area contributed by atoms with Gasteiger partial charge in [-0.1, -0.05) is 12.1 Å². The van der Waals surface area contributed by atoms with Crippen LogP contribution in [0, 0.1) is 5.82 Å². The van der Waals surface area contributed by atoms with E-state index in [1.807, 2.05) is 4.90 Å². The van der Waals surface area contributed by atoms with Crippen molar-refractivity contribution in [3.63, 3.8) is 0 Å². The molecule has 0 saturated carbocycles. The maximum Gasteiger partial charge on any atom is 0.227 e. The minimum Gasteiger partial charge on any atom is -0.338 e. The third kappa shape index (κ3) is 4.28. The molecule has 1 atom stereocenters.